The Morgan fingerprint density at radius 2 is 1.80 bits per heavy atom. The van der Waals surface area contributed by atoms with E-state index in [1.54, 1.807) is 18.2 Å². The lowest BCUT2D eigenvalue weighted by molar-refractivity contribution is -0.123. The van der Waals surface area contributed by atoms with E-state index in [1.165, 1.54) is 0 Å². The highest BCUT2D eigenvalue weighted by Crippen LogP contribution is 2.23. The molecule has 5 heteroatoms. The van der Waals surface area contributed by atoms with Crippen LogP contribution in [0.3, 0.4) is 0 Å². The molecule has 132 valence electrons. The van der Waals surface area contributed by atoms with Crippen molar-refractivity contribution in [3.8, 4) is 0 Å². The van der Waals surface area contributed by atoms with Crippen molar-refractivity contribution in [2.45, 2.75) is 34.2 Å². The van der Waals surface area contributed by atoms with Crippen molar-refractivity contribution in [3.05, 3.63) is 59.2 Å². The fraction of sp³-hybridized carbons (Fsp3) is 0.300. The molecule has 0 saturated heterocycles. The van der Waals surface area contributed by atoms with Crippen LogP contribution in [0, 0.1) is 12.3 Å². The maximum absolute atomic E-state index is 12.1. The van der Waals surface area contributed by atoms with Gasteiger partial charge in [0.05, 0.1) is 5.56 Å². The maximum Gasteiger partial charge on any atom is 0.335 e. The third-order valence-corrected chi connectivity index (χ3v) is 3.83. The molecule has 3 N–H and O–H groups in total. The molecule has 0 bridgehead atoms. The highest BCUT2D eigenvalue weighted by atomic mass is 16.4. The average molecular weight is 340 g/mol. The number of amides is 1. The summed E-state index contributed by atoms with van der Waals surface area (Å²) < 4.78 is 0. The number of carboxylic acid groups (broad SMARTS) is 1. The van der Waals surface area contributed by atoms with Gasteiger partial charge >= 0.3 is 5.97 Å². The Balaban J connectivity index is 2.12. The lowest BCUT2D eigenvalue weighted by Crippen LogP contribution is -2.27. The van der Waals surface area contributed by atoms with E-state index in [-0.39, 0.29) is 11.5 Å². The van der Waals surface area contributed by atoms with Gasteiger partial charge in [0.15, 0.2) is 0 Å². The first kappa shape index (κ1) is 18.5. The van der Waals surface area contributed by atoms with Crippen molar-refractivity contribution < 1.29 is 14.7 Å². The first-order valence-electron chi connectivity index (χ1n) is 8.15. The van der Waals surface area contributed by atoms with Gasteiger partial charge in [-0.25, -0.2) is 4.79 Å². The molecule has 0 unspecified atom stereocenters. The predicted octanol–water partition coefficient (Wildman–Crippen LogP) is 4.29. The number of aromatic carboxylic acids is 1. The zero-order chi connectivity index (χ0) is 18.6. The van der Waals surface area contributed by atoms with Crippen LogP contribution >= 0.6 is 0 Å². The third-order valence-electron chi connectivity index (χ3n) is 3.83. The summed E-state index contributed by atoms with van der Waals surface area (Å²) in [7, 11) is 0. The van der Waals surface area contributed by atoms with E-state index in [0.29, 0.717) is 6.54 Å². The topological polar surface area (TPSA) is 78.4 Å². The van der Waals surface area contributed by atoms with Crippen molar-refractivity contribution in [2.24, 2.45) is 5.41 Å². The molecule has 2 rings (SSSR count). The molecule has 0 aliphatic heterocycles. The molecule has 0 spiro atoms. The number of aryl methyl sites for hydroxylation is 1. The van der Waals surface area contributed by atoms with Gasteiger partial charge in [-0.2, -0.15) is 0 Å². The smallest absolute Gasteiger partial charge is 0.335 e. The van der Waals surface area contributed by atoms with E-state index in [0.717, 1.165) is 22.5 Å². The quantitative estimate of drug-likeness (QED) is 0.759. The van der Waals surface area contributed by atoms with Crippen LogP contribution in [-0.2, 0) is 11.3 Å². The zero-order valence-corrected chi connectivity index (χ0v) is 15.0. The van der Waals surface area contributed by atoms with Crippen LogP contribution in [0.2, 0.25) is 0 Å². The second-order valence-corrected chi connectivity index (χ2v) is 7.09. The van der Waals surface area contributed by atoms with Crippen LogP contribution in [0.5, 0.6) is 0 Å². The standard InChI is InChI=1S/C20H24N2O3/c1-13-8-9-16(22-19(25)20(2,3)4)11-17(13)21-12-14-6-5-7-15(10-14)18(23)24/h5-11,21H,12H2,1-4H3,(H,22,25)(H,23,24). The summed E-state index contributed by atoms with van der Waals surface area (Å²) in [6, 6.07) is 12.5. The van der Waals surface area contributed by atoms with E-state index in [2.05, 4.69) is 10.6 Å². The highest BCUT2D eigenvalue weighted by molar-refractivity contribution is 5.95. The van der Waals surface area contributed by atoms with E-state index in [9.17, 15) is 9.59 Å². The lowest BCUT2D eigenvalue weighted by atomic mass is 9.95. The molecule has 5 nitrogen and oxygen atoms in total. The SMILES string of the molecule is Cc1ccc(NC(=O)C(C)(C)C)cc1NCc1cccc(C(=O)O)c1. The largest absolute Gasteiger partial charge is 0.478 e. The molecular formula is C20H24N2O3. The van der Waals surface area contributed by atoms with Crippen molar-refractivity contribution >= 4 is 23.3 Å². The van der Waals surface area contributed by atoms with E-state index in [1.807, 2.05) is 52.0 Å². The second kappa shape index (κ2) is 7.38. The molecule has 2 aromatic carbocycles. The Morgan fingerprint density at radius 3 is 2.44 bits per heavy atom. The number of carbonyl (C=O) groups excluding carboxylic acids is 1. The molecule has 0 atom stereocenters. The molecule has 0 radical (unpaired) electrons. The van der Waals surface area contributed by atoms with Gasteiger partial charge in [0.25, 0.3) is 0 Å². The number of carbonyl (C=O) groups is 2. The number of hydrogen-bond acceptors (Lipinski definition) is 3. The molecule has 0 aliphatic carbocycles. The number of rotatable bonds is 5. The van der Waals surface area contributed by atoms with Gasteiger partial charge in [0.1, 0.15) is 0 Å². The Labute approximate surface area is 148 Å². The molecule has 1 amide bonds. The average Bonchev–Trinajstić information content (AvgIpc) is 2.54. The molecule has 0 aliphatic rings. The molecule has 0 fully saturated rings. The maximum atomic E-state index is 12.1. The van der Waals surface area contributed by atoms with Gasteiger partial charge in [-0.15, -0.1) is 0 Å². The van der Waals surface area contributed by atoms with Crippen molar-refractivity contribution in [1.82, 2.24) is 0 Å². The minimum absolute atomic E-state index is 0.0449. The summed E-state index contributed by atoms with van der Waals surface area (Å²) in [6.45, 7) is 8.07. The summed E-state index contributed by atoms with van der Waals surface area (Å²) >= 11 is 0. The number of anilines is 2. The van der Waals surface area contributed by atoms with E-state index < -0.39 is 11.4 Å². The van der Waals surface area contributed by atoms with Crippen LogP contribution in [-0.4, -0.2) is 17.0 Å². The van der Waals surface area contributed by atoms with Crippen LogP contribution in [0.15, 0.2) is 42.5 Å². The number of hydrogen-bond donors (Lipinski definition) is 3. The van der Waals surface area contributed by atoms with Gasteiger partial charge in [0, 0.05) is 23.3 Å². The molecule has 0 aromatic heterocycles. The van der Waals surface area contributed by atoms with Gasteiger partial charge in [0.2, 0.25) is 5.91 Å². The van der Waals surface area contributed by atoms with Crippen LogP contribution in [0.1, 0.15) is 42.3 Å². The van der Waals surface area contributed by atoms with Gasteiger partial charge < -0.3 is 15.7 Å². The van der Waals surface area contributed by atoms with Gasteiger partial charge in [-0.1, -0.05) is 39.0 Å². The Kier molecular flexibility index (Phi) is 5.47. The normalized spacial score (nSPS) is 11.0. The molecule has 2 aromatic rings. The highest BCUT2D eigenvalue weighted by Gasteiger charge is 2.21. The number of nitrogens with one attached hydrogen (secondary N) is 2. The molecule has 25 heavy (non-hydrogen) atoms. The minimum atomic E-state index is -0.940. The Morgan fingerprint density at radius 1 is 1.08 bits per heavy atom. The van der Waals surface area contributed by atoms with Crippen molar-refractivity contribution in [1.29, 1.82) is 0 Å². The summed E-state index contributed by atoms with van der Waals surface area (Å²) in [5.41, 5.74) is 3.35. The van der Waals surface area contributed by atoms with Crippen molar-refractivity contribution in [2.75, 3.05) is 10.6 Å². The first-order valence-corrected chi connectivity index (χ1v) is 8.15. The zero-order valence-electron chi connectivity index (χ0n) is 15.0. The molecular weight excluding hydrogens is 316 g/mol. The number of carboxylic acids is 1. The van der Waals surface area contributed by atoms with Gasteiger partial charge in [-0.3, -0.25) is 4.79 Å². The van der Waals surface area contributed by atoms with E-state index >= 15 is 0 Å². The third kappa shape index (κ3) is 5.08. The first-order chi connectivity index (χ1) is 11.7. The number of benzene rings is 2. The Bertz CT molecular complexity index is 792. The summed E-state index contributed by atoms with van der Waals surface area (Å²) in [6.07, 6.45) is 0. The monoisotopic (exact) mass is 340 g/mol. The predicted molar refractivity (Wildman–Crippen MR) is 100.0 cm³/mol. The summed E-state index contributed by atoms with van der Waals surface area (Å²) in [5.74, 6) is -0.985. The van der Waals surface area contributed by atoms with E-state index in [4.69, 9.17) is 5.11 Å². The van der Waals surface area contributed by atoms with Crippen molar-refractivity contribution in [3.63, 3.8) is 0 Å². The molecule has 0 saturated carbocycles. The van der Waals surface area contributed by atoms with Crippen LogP contribution in [0.4, 0.5) is 11.4 Å². The summed E-state index contributed by atoms with van der Waals surface area (Å²) in [5, 5.41) is 15.3. The fourth-order valence-corrected chi connectivity index (χ4v) is 2.22. The van der Waals surface area contributed by atoms with Gasteiger partial charge in [-0.05, 0) is 42.3 Å². The minimum Gasteiger partial charge on any atom is -0.478 e. The van der Waals surface area contributed by atoms with Crippen LogP contribution in [0.25, 0.3) is 0 Å². The summed E-state index contributed by atoms with van der Waals surface area (Å²) in [4.78, 5) is 23.2. The second-order valence-electron chi connectivity index (χ2n) is 7.09. The Hall–Kier alpha value is -2.82. The molecule has 0 heterocycles. The van der Waals surface area contributed by atoms with Crippen LogP contribution < -0.4 is 10.6 Å². The lowest BCUT2D eigenvalue weighted by Gasteiger charge is -2.19. The fourth-order valence-electron chi connectivity index (χ4n) is 2.22.